The van der Waals surface area contributed by atoms with Crippen LogP contribution in [0.3, 0.4) is 0 Å². The molecule has 7 heteroatoms. The fourth-order valence-electron chi connectivity index (χ4n) is 1.89. The van der Waals surface area contributed by atoms with Crippen LogP contribution in [-0.2, 0) is 14.3 Å². The van der Waals surface area contributed by atoms with Gasteiger partial charge in [-0.05, 0) is 18.9 Å². The number of halogens is 1. The normalized spacial score (nSPS) is 11.9. The van der Waals surface area contributed by atoms with Gasteiger partial charge in [-0.15, -0.1) is 0 Å². The van der Waals surface area contributed by atoms with Crippen LogP contribution >= 0.6 is 11.6 Å². The Morgan fingerprint density at radius 2 is 2.10 bits per heavy atom. The maximum Gasteiger partial charge on any atom is 0.303 e. The first kappa shape index (κ1) is 17.3. The van der Waals surface area contributed by atoms with E-state index in [1.54, 1.807) is 0 Å². The first-order valence-electron chi connectivity index (χ1n) is 6.34. The minimum absolute atomic E-state index is 0.0994. The number of rotatable bonds is 9. The zero-order valence-corrected chi connectivity index (χ0v) is 12.3. The van der Waals surface area contributed by atoms with Gasteiger partial charge in [0, 0.05) is 31.5 Å². The van der Waals surface area contributed by atoms with E-state index in [1.807, 2.05) is 0 Å². The van der Waals surface area contributed by atoms with E-state index >= 15 is 0 Å². The summed E-state index contributed by atoms with van der Waals surface area (Å²) in [5.41, 5.74) is 0.229. The molecule has 21 heavy (non-hydrogen) atoms. The summed E-state index contributed by atoms with van der Waals surface area (Å²) in [5.74, 6) is -2.71. The molecule has 1 atom stereocenters. The molecule has 0 amide bonds. The maximum absolute atomic E-state index is 12.4. The molecule has 1 heterocycles. The standard InChI is InChI=1S/C14H16ClNO5/c1-21-8-12(17)11(3-2-4-13(18)19)14(20)9-5-10(15)7-16-6-9/h5-7,11H,2-4,8H2,1H3,(H,18,19). The number of aromatic nitrogens is 1. The third-order valence-electron chi connectivity index (χ3n) is 2.86. The van der Waals surface area contributed by atoms with Gasteiger partial charge in [0.25, 0.3) is 0 Å². The first-order chi connectivity index (χ1) is 9.95. The Labute approximate surface area is 127 Å². The van der Waals surface area contributed by atoms with E-state index in [-0.39, 0.29) is 37.2 Å². The lowest BCUT2D eigenvalue weighted by atomic mass is 9.90. The molecule has 0 aliphatic heterocycles. The van der Waals surface area contributed by atoms with Crippen LogP contribution in [0.1, 0.15) is 29.6 Å². The smallest absolute Gasteiger partial charge is 0.303 e. The molecule has 0 saturated heterocycles. The molecule has 0 spiro atoms. The van der Waals surface area contributed by atoms with Crippen LogP contribution in [0.4, 0.5) is 0 Å². The summed E-state index contributed by atoms with van der Waals surface area (Å²) in [7, 11) is 1.36. The molecule has 0 radical (unpaired) electrons. The number of Topliss-reactive ketones (excluding diaryl/α,β-unsaturated/α-hetero) is 2. The van der Waals surface area contributed by atoms with Gasteiger partial charge < -0.3 is 9.84 Å². The van der Waals surface area contributed by atoms with E-state index in [0.29, 0.717) is 5.02 Å². The van der Waals surface area contributed by atoms with Crippen LogP contribution in [0.15, 0.2) is 18.5 Å². The van der Waals surface area contributed by atoms with Gasteiger partial charge in [0.2, 0.25) is 0 Å². The largest absolute Gasteiger partial charge is 0.481 e. The topological polar surface area (TPSA) is 93.6 Å². The molecule has 1 aromatic rings. The number of methoxy groups -OCH3 is 1. The zero-order valence-electron chi connectivity index (χ0n) is 11.5. The van der Waals surface area contributed by atoms with E-state index in [0.717, 1.165) is 0 Å². The summed E-state index contributed by atoms with van der Waals surface area (Å²) in [6.45, 7) is -0.197. The Balaban J connectivity index is 2.86. The van der Waals surface area contributed by atoms with Crippen molar-refractivity contribution in [1.82, 2.24) is 4.98 Å². The molecular formula is C14H16ClNO5. The van der Waals surface area contributed by atoms with Crippen molar-refractivity contribution in [2.75, 3.05) is 13.7 Å². The van der Waals surface area contributed by atoms with Gasteiger partial charge >= 0.3 is 5.97 Å². The molecule has 1 unspecified atom stereocenters. The lowest BCUT2D eigenvalue weighted by Crippen LogP contribution is -2.27. The number of aliphatic carboxylic acids is 1. The predicted molar refractivity (Wildman–Crippen MR) is 75.4 cm³/mol. The molecule has 0 bridgehead atoms. The average molecular weight is 314 g/mol. The summed E-state index contributed by atoms with van der Waals surface area (Å²) in [4.78, 5) is 38.7. The van der Waals surface area contributed by atoms with Gasteiger partial charge in [0.1, 0.15) is 6.61 Å². The van der Waals surface area contributed by atoms with E-state index in [9.17, 15) is 14.4 Å². The summed E-state index contributed by atoms with van der Waals surface area (Å²) in [6, 6.07) is 1.43. The zero-order chi connectivity index (χ0) is 15.8. The number of hydrogen-bond donors (Lipinski definition) is 1. The molecule has 0 aromatic carbocycles. The average Bonchev–Trinajstić information content (AvgIpc) is 2.43. The monoisotopic (exact) mass is 313 g/mol. The summed E-state index contributed by atoms with van der Waals surface area (Å²) < 4.78 is 4.76. The molecule has 1 N–H and O–H groups in total. The van der Waals surface area contributed by atoms with Gasteiger partial charge in [0.15, 0.2) is 11.6 Å². The number of carboxylic acid groups (broad SMARTS) is 1. The van der Waals surface area contributed by atoms with Crippen molar-refractivity contribution < 1.29 is 24.2 Å². The molecule has 6 nitrogen and oxygen atoms in total. The van der Waals surface area contributed by atoms with Crippen LogP contribution < -0.4 is 0 Å². The van der Waals surface area contributed by atoms with Crippen molar-refractivity contribution in [1.29, 1.82) is 0 Å². The molecule has 0 aliphatic carbocycles. The van der Waals surface area contributed by atoms with E-state index < -0.39 is 17.7 Å². The highest BCUT2D eigenvalue weighted by Crippen LogP contribution is 2.19. The molecule has 0 saturated carbocycles. The Hall–Kier alpha value is -1.79. The van der Waals surface area contributed by atoms with E-state index in [2.05, 4.69) is 4.98 Å². The minimum Gasteiger partial charge on any atom is -0.481 e. The second kappa shape index (κ2) is 8.49. The number of carbonyl (C=O) groups is 3. The molecule has 114 valence electrons. The first-order valence-corrected chi connectivity index (χ1v) is 6.71. The van der Waals surface area contributed by atoms with Crippen LogP contribution in [0.5, 0.6) is 0 Å². The van der Waals surface area contributed by atoms with Crippen molar-refractivity contribution in [3.05, 3.63) is 29.0 Å². The van der Waals surface area contributed by atoms with Gasteiger partial charge in [-0.2, -0.15) is 0 Å². The fourth-order valence-corrected chi connectivity index (χ4v) is 2.06. The van der Waals surface area contributed by atoms with Crippen molar-refractivity contribution in [2.45, 2.75) is 19.3 Å². The summed E-state index contributed by atoms with van der Waals surface area (Å²) >= 11 is 5.78. The van der Waals surface area contributed by atoms with Crippen LogP contribution in [-0.4, -0.2) is 41.3 Å². The number of carboxylic acids is 1. The third kappa shape index (κ3) is 5.61. The second-order valence-corrected chi connectivity index (χ2v) is 4.93. The predicted octanol–water partition coefficient (Wildman–Crippen LogP) is 2.00. The highest BCUT2D eigenvalue weighted by Gasteiger charge is 2.27. The highest BCUT2D eigenvalue weighted by atomic mass is 35.5. The number of nitrogens with zero attached hydrogens (tertiary/aromatic N) is 1. The number of ketones is 2. The van der Waals surface area contributed by atoms with Crippen molar-refractivity contribution in [3.63, 3.8) is 0 Å². The highest BCUT2D eigenvalue weighted by molar-refractivity contribution is 6.31. The number of carbonyl (C=O) groups excluding carboxylic acids is 2. The van der Waals surface area contributed by atoms with Gasteiger partial charge in [-0.25, -0.2) is 0 Å². The lowest BCUT2D eigenvalue weighted by molar-refractivity contribution is -0.137. The fraction of sp³-hybridized carbons (Fsp3) is 0.429. The van der Waals surface area contributed by atoms with Gasteiger partial charge in [-0.3, -0.25) is 19.4 Å². The van der Waals surface area contributed by atoms with E-state index in [1.165, 1.54) is 25.6 Å². The Bertz CT molecular complexity index is 532. The van der Waals surface area contributed by atoms with Crippen molar-refractivity contribution in [3.8, 4) is 0 Å². The SMILES string of the molecule is COCC(=O)C(CCCC(=O)O)C(=O)c1cncc(Cl)c1. The molecule has 1 rings (SSSR count). The quantitative estimate of drug-likeness (QED) is 0.553. The number of hydrogen-bond acceptors (Lipinski definition) is 5. The lowest BCUT2D eigenvalue weighted by Gasteiger charge is -2.14. The van der Waals surface area contributed by atoms with Gasteiger partial charge in [-0.1, -0.05) is 11.6 Å². The van der Waals surface area contributed by atoms with E-state index in [4.69, 9.17) is 21.4 Å². The van der Waals surface area contributed by atoms with Crippen molar-refractivity contribution in [2.24, 2.45) is 5.92 Å². The Morgan fingerprint density at radius 3 is 2.67 bits per heavy atom. The number of pyridine rings is 1. The van der Waals surface area contributed by atoms with Crippen LogP contribution in [0.25, 0.3) is 0 Å². The minimum atomic E-state index is -0.968. The molecular weight excluding hydrogens is 298 g/mol. The molecule has 0 aliphatic rings. The number of ether oxygens (including phenoxy) is 1. The summed E-state index contributed by atoms with van der Waals surface area (Å²) in [6.07, 6.45) is 3.00. The second-order valence-electron chi connectivity index (χ2n) is 4.49. The maximum atomic E-state index is 12.4. The molecule has 0 fully saturated rings. The van der Waals surface area contributed by atoms with Crippen molar-refractivity contribution >= 4 is 29.1 Å². The summed E-state index contributed by atoms with van der Waals surface area (Å²) in [5, 5.41) is 8.93. The Kier molecular flexibility index (Phi) is 6.98. The van der Waals surface area contributed by atoms with Crippen LogP contribution in [0.2, 0.25) is 5.02 Å². The van der Waals surface area contributed by atoms with Crippen LogP contribution in [0, 0.1) is 5.92 Å². The molecule has 1 aromatic heterocycles. The van der Waals surface area contributed by atoms with Gasteiger partial charge in [0.05, 0.1) is 10.9 Å². The third-order valence-corrected chi connectivity index (χ3v) is 3.07. The Morgan fingerprint density at radius 1 is 1.38 bits per heavy atom.